The van der Waals surface area contributed by atoms with Crippen LogP contribution in [0.2, 0.25) is 0 Å². The van der Waals surface area contributed by atoms with Crippen LogP contribution < -0.4 is 4.52 Å². The number of hydrogen-bond donors (Lipinski definition) is 0. The van der Waals surface area contributed by atoms with Gasteiger partial charge in [0.2, 0.25) is 0 Å². The number of nitro benzene ring substituents is 1. The molecule has 0 amide bonds. The summed E-state index contributed by atoms with van der Waals surface area (Å²) in [4.78, 5) is 9.97. The lowest BCUT2D eigenvalue weighted by Crippen LogP contribution is -2.07. The first-order valence-corrected chi connectivity index (χ1v) is 7.19. The Balaban J connectivity index is 2.84. The van der Waals surface area contributed by atoms with Gasteiger partial charge in [-0.1, -0.05) is 0 Å². The Bertz CT molecular complexity index is 473. The molecule has 7 nitrogen and oxygen atoms in total. The Hall–Kier alpha value is -1.43. The molecule has 1 rings (SSSR count). The van der Waals surface area contributed by atoms with E-state index in [2.05, 4.69) is 0 Å². The third-order valence-electron chi connectivity index (χ3n) is 1.89. The molecule has 0 N–H and O–H groups in total. The molecule has 0 spiro atoms. The lowest BCUT2D eigenvalue weighted by atomic mass is 10.3. The molecule has 0 fully saturated rings. The first-order valence-electron chi connectivity index (χ1n) is 5.73. The molecular formula is C11H16NO6P. The van der Waals surface area contributed by atoms with Gasteiger partial charge in [0.05, 0.1) is 17.6 Å². The van der Waals surface area contributed by atoms with Gasteiger partial charge in [0.1, 0.15) is 5.75 Å². The van der Waals surface area contributed by atoms with E-state index in [1.165, 1.54) is 24.3 Å². The lowest BCUT2D eigenvalue weighted by molar-refractivity contribution is -0.384. The van der Waals surface area contributed by atoms with Gasteiger partial charge in [0.15, 0.2) is 0 Å². The molecule has 0 saturated heterocycles. The highest BCUT2D eigenvalue weighted by Gasteiger charge is 2.29. The highest BCUT2D eigenvalue weighted by atomic mass is 31.2. The monoisotopic (exact) mass is 289 g/mol. The van der Waals surface area contributed by atoms with Crippen LogP contribution in [-0.4, -0.2) is 17.6 Å². The quantitative estimate of drug-likeness (QED) is 0.433. The van der Waals surface area contributed by atoms with Crippen molar-refractivity contribution in [3.05, 3.63) is 34.4 Å². The third kappa shape index (κ3) is 4.98. The molecule has 0 aromatic heterocycles. The van der Waals surface area contributed by atoms with Gasteiger partial charge < -0.3 is 4.52 Å². The number of benzene rings is 1. The second-order valence-corrected chi connectivity index (χ2v) is 5.41. The standard InChI is InChI=1S/C11H16NO6P/c1-4-16-19(15,17-9(2)3)18-11-7-5-10(6-8-11)12(13)14/h5-9H,4H2,1-3H3. The highest BCUT2D eigenvalue weighted by molar-refractivity contribution is 7.48. The van der Waals surface area contributed by atoms with Crippen molar-refractivity contribution in [1.29, 1.82) is 0 Å². The molecule has 0 bridgehead atoms. The summed E-state index contributed by atoms with van der Waals surface area (Å²) in [5.41, 5.74) is -0.0802. The molecule has 0 heterocycles. The van der Waals surface area contributed by atoms with Crippen molar-refractivity contribution in [3.8, 4) is 5.75 Å². The van der Waals surface area contributed by atoms with E-state index in [4.69, 9.17) is 13.6 Å². The van der Waals surface area contributed by atoms with Crippen LogP contribution >= 0.6 is 7.82 Å². The number of phosphoric acid groups is 1. The van der Waals surface area contributed by atoms with E-state index in [9.17, 15) is 14.7 Å². The molecule has 1 unspecified atom stereocenters. The molecule has 8 heteroatoms. The van der Waals surface area contributed by atoms with E-state index in [1.807, 2.05) is 0 Å². The first-order chi connectivity index (χ1) is 8.86. The van der Waals surface area contributed by atoms with Crippen molar-refractivity contribution >= 4 is 13.5 Å². The Kier molecular flexibility index (Phi) is 5.47. The summed E-state index contributed by atoms with van der Waals surface area (Å²) in [5, 5.41) is 10.5. The minimum absolute atomic E-state index is 0.0802. The van der Waals surface area contributed by atoms with Crippen LogP contribution in [-0.2, 0) is 13.6 Å². The van der Waals surface area contributed by atoms with Gasteiger partial charge in [-0.05, 0) is 32.9 Å². The van der Waals surface area contributed by atoms with E-state index < -0.39 is 12.7 Å². The number of rotatable bonds is 7. The van der Waals surface area contributed by atoms with Crippen LogP contribution in [0.15, 0.2) is 24.3 Å². The third-order valence-corrected chi connectivity index (χ3v) is 3.58. The van der Waals surface area contributed by atoms with Gasteiger partial charge in [0.25, 0.3) is 5.69 Å². The largest absolute Gasteiger partial charge is 0.530 e. The van der Waals surface area contributed by atoms with E-state index >= 15 is 0 Å². The molecule has 0 radical (unpaired) electrons. The Labute approximate surface area is 111 Å². The van der Waals surface area contributed by atoms with E-state index in [1.54, 1.807) is 20.8 Å². The zero-order valence-corrected chi connectivity index (χ0v) is 11.8. The predicted molar refractivity (Wildman–Crippen MR) is 69.2 cm³/mol. The summed E-state index contributed by atoms with van der Waals surface area (Å²) in [6, 6.07) is 5.18. The molecule has 0 saturated carbocycles. The van der Waals surface area contributed by atoms with Crippen LogP contribution in [0.5, 0.6) is 5.75 Å². The van der Waals surface area contributed by atoms with Gasteiger partial charge >= 0.3 is 7.82 Å². The Morgan fingerprint density at radius 3 is 2.32 bits per heavy atom. The highest BCUT2D eigenvalue weighted by Crippen LogP contribution is 2.50. The number of phosphoric ester groups is 1. The Morgan fingerprint density at radius 1 is 1.32 bits per heavy atom. The van der Waals surface area contributed by atoms with Crippen molar-refractivity contribution in [1.82, 2.24) is 0 Å². The lowest BCUT2D eigenvalue weighted by Gasteiger charge is -2.19. The summed E-state index contributed by atoms with van der Waals surface area (Å²) in [5.74, 6) is 0.183. The maximum atomic E-state index is 12.2. The number of hydrogen-bond acceptors (Lipinski definition) is 6. The summed E-state index contributed by atoms with van der Waals surface area (Å²) < 4.78 is 27.5. The second-order valence-electron chi connectivity index (χ2n) is 3.86. The molecule has 106 valence electrons. The fraction of sp³-hybridized carbons (Fsp3) is 0.455. The molecule has 1 aromatic carbocycles. The summed E-state index contributed by atoms with van der Waals surface area (Å²) in [6.45, 7) is 5.22. The fourth-order valence-corrected chi connectivity index (χ4v) is 2.62. The minimum Gasteiger partial charge on any atom is -0.404 e. The fourth-order valence-electron chi connectivity index (χ4n) is 1.25. The molecule has 19 heavy (non-hydrogen) atoms. The van der Waals surface area contributed by atoms with Crippen LogP contribution in [0.3, 0.4) is 0 Å². The van der Waals surface area contributed by atoms with E-state index in [-0.39, 0.29) is 24.1 Å². The predicted octanol–water partition coefficient (Wildman–Crippen LogP) is 3.54. The molecule has 0 aliphatic rings. The van der Waals surface area contributed by atoms with Crippen molar-refractivity contribution < 1.29 is 23.1 Å². The van der Waals surface area contributed by atoms with Gasteiger partial charge in [-0.15, -0.1) is 0 Å². The normalized spacial score (nSPS) is 14.1. The van der Waals surface area contributed by atoms with Gasteiger partial charge in [-0.25, -0.2) is 4.57 Å². The van der Waals surface area contributed by atoms with E-state index in [0.29, 0.717) is 0 Å². The van der Waals surface area contributed by atoms with Crippen molar-refractivity contribution in [2.75, 3.05) is 6.61 Å². The molecule has 0 aliphatic heterocycles. The smallest absolute Gasteiger partial charge is 0.404 e. The summed E-state index contributed by atoms with van der Waals surface area (Å²) in [7, 11) is -3.71. The number of non-ortho nitro benzene ring substituents is 1. The van der Waals surface area contributed by atoms with Crippen molar-refractivity contribution in [3.63, 3.8) is 0 Å². The minimum atomic E-state index is -3.71. The maximum absolute atomic E-state index is 12.2. The average molecular weight is 289 g/mol. The van der Waals surface area contributed by atoms with Crippen molar-refractivity contribution in [2.45, 2.75) is 26.9 Å². The van der Waals surface area contributed by atoms with Gasteiger partial charge in [-0.3, -0.25) is 19.2 Å². The van der Waals surface area contributed by atoms with Crippen LogP contribution in [0, 0.1) is 10.1 Å². The Morgan fingerprint density at radius 2 is 1.89 bits per heavy atom. The number of nitrogens with zero attached hydrogens (tertiary/aromatic N) is 1. The second kappa shape index (κ2) is 6.65. The SMILES string of the molecule is CCOP(=O)(Oc1ccc([N+](=O)[O-])cc1)OC(C)C. The van der Waals surface area contributed by atoms with Crippen LogP contribution in [0.4, 0.5) is 5.69 Å². The summed E-state index contributed by atoms with van der Waals surface area (Å²) >= 11 is 0. The molecule has 1 aromatic rings. The molecule has 0 aliphatic carbocycles. The van der Waals surface area contributed by atoms with Crippen LogP contribution in [0.25, 0.3) is 0 Å². The van der Waals surface area contributed by atoms with E-state index in [0.717, 1.165) is 0 Å². The zero-order chi connectivity index (χ0) is 14.5. The average Bonchev–Trinajstić information content (AvgIpc) is 2.28. The maximum Gasteiger partial charge on any atom is 0.530 e. The first kappa shape index (κ1) is 15.6. The summed E-state index contributed by atoms with van der Waals surface area (Å²) in [6.07, 6.45) is -0.338. The topological polar surface area (TPSA) is 87.9 Å². The molecule has 1 atom stereocenters. The van der Waals surface area contributed by atoms with Gasteiger partial charge in [0, 0.05) is 12.1 Å². The zero-order valence-electron chi connectivity index (χ0n) is 10.9. The van der Waals surface area contributed by atoms with Crippen molar-refractivity contribution in [2.24, 2.45) is 0 Å². The van der Waals surface area contributed by atoms with Crippen LogP contribution in [0.1, 0.15) is 20.8 Å². The van der Waals surface area contributed by atoms with Gasteiger partial charge in [-0.2, -0.15) is 0 Å². The number of nitro groups is 1. The molecular weight excluding hydrogens is 273 g/mol.